The summed E-state index contributed by atoms with van der Waals surface area (Å²) in [7, 11) is 0. The van der Waals surface area contributed by atoms with Gasteiger partial charge < -0.3 is 35.3 Å². The van der Waals surface area contributed by atoms with Crippen molar-refractivity contribution in [2.24, 2.45) is 0 Å². The van der Waals surface area contributed by atoms with E-state index >= 15 is 8.78 Å². The van der Waals surface area contributed by atoms with E-state index in [4.69, 9.17) is 4.74 Å². The lowest BCUT2D eigenvalue weighted by Gasteiger charge is -2.29. The molecule has 2 aromatic rings. The maximum atomic E-state index is 15.3. The van der Waals surface area contributed by atoms with Crippen LogP contribution in [0.4, 0.5) is 39.4 Å². The summed E-state index contributed by atoms with van der Waals surface area (Å²) in [6.07, 6.45) is -6.69. The van der Waals surface area contributed by atoms with Crippen LogP contribution in [0.25, 0.3) is 0 Å². The first kappa shape index (κ1) is 28.9. The quantitative estimate of drug-likeness (QED) is 0.343. The van der Waals surface area contributed by atoms with Crippen LogP contribution in [0.1, 0.15) is 32.5 Å². The molecule has 0 saturated carbocycles. The Balaban J connectivity index is 1.35. The smallest absolute Gasteiger partial charge is 0.414 e. The predicted octanol–water partition coefficient (Wildman–Crippen LogP) is 1.62. The highest BCUT2D eigenvalue weighted by Gasteiger charge is 2.41. The maximum Gasteiger partial charge on any atom is 0.414 e. The number of alkyl halides is 2. The minimum atomic E-state index is -3.26. The largest absolute Gasteiger partial charge is 0.478 e. The number of hydrogen-bond donors (Lipinski definition) is 4. The minimum absolute atomic E-state index is 0.0254. The minimum Gasteiger partial charge on any atom is -0.478 e. The van der Waals surface area contributed by atoms with Crippen molar-refractivity contribution >= 4 is 41.0 Å². The van der Waals surface area contributed by atoms with Crippen LogP contribution in [0, 0.1) is 11.6 Å². The van der Waals surface area contributed by atoms with Gasteiger partial charge in [-0.1, -0.05) is 0 Å². The van der Waals surface area contributed by atoms with Crippen molar-refractivity contribution in [3.05, 3.63) is 52.6 Å². The van der Waals surface area contributed by atoms with Crippen LogP contribution in [0.2, 0.25) is 0 Å². The fourth-order valence-corrected chi connectivity index (χ4v) is 5.25. The molecule has 3 aliphatic rings. The zero-order valence-electron chi connectivity index (χ0n) is 21.5. The lowest BCUT2D eigenvalue weighted by atomic mass is 10.0. The fourth-order valence-electron chi connectivity index (χ4n) is 5.25. The monoisotopic (exact) mass is 597 g/mol. The van der Waals surface area contributed by atoms with Gasteiger partial charge in [-0.3, -0.25) is 9.69 Å². The summed E-state index contributed by atoms with van der Waals surface area (Å²) in [5, 5.41) is 34.7. The first-order valence-electron chi connectivity index (χ1n) is 12.5. The summed E-state index contributed by atoms with van der Waals surface area (Å²) in [6, 6.07) is 3.94. The standard InChI is InChI=1S/C25H23F4N5O8/c26-16-7-12(32-10-13(42-25(32)41)9-30-21(35)20(28)29)8-17(27)19(16)31-1-3-33-18-14(22(36)34(33)4-2-31)5-11(23(37)38)6-15(18)24(39)40/h5-8,13,20,22,36H,1-4,9-10H2,(H,30,35)(H,37,38)(H,39,40)/t13-,22?/m0/s1. The van der Waals surface area contributed by atoms with Gasteiger partial charge in [0.15, 0.2) is 17.9 Å². The van der Waals surface area contributed by atoms with Gasteiger partial charge in [0.1, 0.15) is 11.8 Å². The molecular formula is C25H23F4N5O8. The number of nitrogens with zero attached hydrogens (tertiary/aromatic N) is 4. The van der Waals surface area contributed by atoms with E-state index in [1.807, 2.05) is 5.32 Å². The molecule has 224 valence electrons. The Kier molecular flexibility index (Phi) is 7.55. The summed E-state index contributed by atoms with van der Waals surface area (Å²) in [6.45, 7) is -0.801. The average molecular weight is 597 g/mol. The summed E-state index contributed by atoms with van der Waals surface area (Å²) < 4.78 is 60.4. The molecule has 2 saturated heterocycles. The second kappa shape index (κ2) is 11.0. The molecule has 2 amide bonds. The lowest BCUT2D eigenvalue weighted by molar-refractivity contribution is -0.132. The molecular weight excluding hydrogens is 574 g/mol. The van der Waals surface area contributed by atoms with E-state index in [-0.39, 0.29) is 60.8 Å². The number of aromatic carboxylic acids is 2. The van der Waals surface area contributed by atoms with Gasteiger partial charge in [-0.15, -0.1) is 0 Å². The van der Waals surface area contributed by atoms with Gasteiger partial charge in [0, 0.05) is 37.3 Å². The number of carboxylic acid groups (broad SMARTS) is 2. The summed E-state index contributed by atoms with van der Waals surface area (Å²) in [5.41, 5.74) is -1.17. The lowest BCUT2D eigenvalue weighted by Crippen LogP contribution is -2.41. The van der Waals surface area contributed by atoms with Gasteiger partial charge in [-0.2, -0.15) is 13.8 Å². The van der Waals surface area contributed by atoms with Gasteiger partial charge in [-0.25, -0.2) is 23.2 Å². The van der Waals surface area contributed by atoms with Crippen molar-refractivity contribution in [3.8, 4) is 0 Å². The number of aliphatic hydroxyl groups is 1. The van der Waals surface area contributed by atoms with E-state index < -0.39 is 66.6 Å². The van der Waals surface area contributed by atoms with Crippen molar-refractivity contribution in [2.75, 3.05) is 54.1 Å². The molecule has 2 atom stereocenters. The number of amides is 2. The van der Waals surface area contributed by atoms with Crippen molar-refractivity contribution in [1.29, 1.82) is 0 Å². The molecule has 5 rings (SSSR count). The number of hydrogen-bond acceptors (Lipinski definition) is 9. The van der Waals surface area contributed by atoms with Gasteiger partial charge in [0.05, 0.1) is 42.1 Å². The molecule has 17 heteroatoms. The Hall–Kier alpha value is -4.64. The molecule has 3 heterocycles. The van der Waals surface area contributed by atoms with Crippen LogP contribution in [0.15, 0.2) is 24.3 Å². The van der Waals surface area contributed by atoms with E-state index in [2.05, 4.69) is 0 Å². The highest BCUT2D eigenvalue weighted by molar-refractivity contribution is 6.00. The number of carboxylic acids is 2. The molecule has 4 N–H and O–H groups in total. The molecule has 2 aromatic carbocycles. The highest BCUT2D eigenvalue weighted by atomic mass is 19.3. The molecule has 2 fully saturated rings. The first-order chi connectivity index (χ1) is 19.9. The van der Waals surface area contributed by atoms with E-state index in [9.17, 15) is 43.3 Å². The van der Waals surface area contributed by atoms with Crippen LogP contribution in [0.3, 0.4) is 0 Å². The number of cyclic esters (lactones) is 1. The zero-order valence-corrected chi connectivity index (χ0v) is 21.5. The Labute approximate surface area is 234 Å². The van der Waals surface area contributed by atoms with E-state index in [0.29, 0.717) is 0 Å². The molecule has 0 aromatic heterocycles. The fraction of sp³-hybridized carbons (Fsp3) is 0.360. The number of hydrazine groups is 1. The predicted molar refractivity (Wildman–Crippen MR) is 135 cm³/mol. The first-order valence-corrected chi connectivity index (χ1v) is 12.5. The van der Waals surface area contributed by atoms with Gasteiger partial charge in [0.25, 0.3) is 5.91 Å². The third-order valence-corrected chi connectivity index (χ3v) is 7.13. The zero-order chi connectivity index (χ0) is 30.5. The second-order valence-electron chi connectivity index (χ2n) is 9.64. The molecule has 0 radical (unpaired) electrons. The van der Waals surface area contributed by atoms with Crippen LogP contribution in [0.5, 0.6) is 0 Å². The second-order valence-corrected chi connectivity index (χ2v) is 9.64. The topological polar surface area (TPSA) is 163 Å². The van der Waals surface area contributed by atoms with Gasteiger partial charge in [0.2, 0.25) is 0 Å². The number of fused-ring (bicyclic) bond motifs is 3. The van der Waals surface area contributed by atoms with E-state index in [0.717, 1.165) is 23.1 Å². The number of aliphatic hydroxyl groups excluding tert-OH is 1. The molecule has 42 heavy (non-hydrogen) atoms. The maximum absolute atomic E-state index is 15.3. The molecule has 0 aliphatic carbocycles. The van der Waals surface area contributed by atoms with Crippen molar-refractivity contribution < 1.29 is 56.8 Å². The third-order valence-electron chi connectivity index (χ3n) is 7.13. The Bertz CT molecular complexity index is 1450. The average Bonchev–Trinajstić information content (AvgIpc) is 3.33. The molecule has 13 nitrogen and oxygen atoms in total. The molecule has 1 unspecified atom stereocenters. The number of ether oxygens (including phenoxy) is 1. The number of benzene rings is 2. The van der Waals surface area contributed by atoms with Crippen molar-refractivity contribution in [2.45, 2.75) is 18.8 Å². The number of halogens is 4. The number of nitrogens with one attached hydrogen (secondary N) is 1. The molecule has 3 aliphatic heterocycles. The number of rotatable bonds is 7. The van der Waals surface area contributed by atoms with Crippen LogP contribution in [-0.2, 0) is 9.53 Å². The van der Waals surface area contributed by atoms with Crippen molar-refractivity contribution in [1.82, 2.24) is 10.3 Å². The summed E-state index contributed by atoms with van der Waals surface area (Å²) in [5.74, 6) is -6.43. The molecule has 0 bridgehead atoms. The molecule has 0 spiro atoms. The Morgan fingerprint density at radius 2 is 1.64 bits per heavy atom. The Morgan fingerprint density at radius 1 is 0.976 bits per heavy atom. The Morgan fingerprint density at radius 3 is 2.26 bits per heavy atom. The summed E-state index contributed by atoms with van der Waals surface area (Å²) in [4.78, 5) is 49.0. The number of carbonyl (C=O) groups excluding carboxylic acids is 2. The number of carbonyl (C=O) groups is 4. The van der Waals surface area contributed by atoms with Crippen LogP contribution >= 0.6 is 0 Å². The summed E-state index contributed by atoms with van der Waals surface area (Å²) >= 11 is 0. The van der Waals surface area contributed by atoms with Crippen LogP contribution < -0.4 is 20.1 Å². The SMILES string of the molecule is O=C(O)c1cc(C(=O)O)c2c(c1)C(O)N1CCN(c3c(F)cc(N4C[C@H](CNC(=O)C(F)F)OC4=O)cc3F)CCN21. The van der Waals surface area contributed by atoms with E-state index in [1.54, 1.807) is 0 Å². The van der Waals surface area contributed by atoms with Crippen LogP contribution in [-0.4, -0.2) is 96.1 Å². The highest BCUT2D eigenvalue weighted by Crippen LogP contribution is 2.43. The van der Waals surface area contributed by atoms with E-state index in [1.165, 1.54) is 21.0 Å². The van der Waals surface area contributed by atoms with Crippen molar-refractivity contribution in [3.63, 3.8) is 0 Å². The normalized spacial score (nSPS) is 20.3. The van der Waals surface area contributed by atoms with Gasteiger partial charge >= 0.3 is 24.5 Å². The van der Waals surface area contributed by atoms with Gasteiger partial charge in [-0.05, 0) is 12.1 Å². The third kappa shape index (κ3) is 5.11. The number of anilines is 3.